The maximum atomic E-state index is 11.6. The molecule has 31 heavy (non-hydrogen) atoms. The minimum Gasteiger partial charge on any atom is -0.497 e. The standard InChI is InChI=1S/C26H21N3O2/c1-16(30)18-4-6-19(7-5-18)20-8-13-24-23(14-20)26-25(15-27-24)28-17(2)29(26)21-9-11-22(31-3)12-10-21/h4-15H,1-3H3. The Morgan fingerprint density at radius 3 is 2.29 bits per heavy atom. The van der Waals surface area contributed by atoms with Crippen molar-refractivity contribution in [2.45, 2.75) is 13.8 Å². The second-order valence-electron chi connectivity index (χ2n) is 7.55. The normalized spacial score (nSPS) is 11.2. The molecule has 0 bridgehead atoms. The quantitative estimate of drug-likeness (QED) is 0.355. The number of imidazole rings is 1. The van der Waals surface area contributed by atoms with Gasteiger partial charge < -0.3 is 4.74 Å². The molecule has 2 heterocycles. The second-order valence-corrected chi connectivity index (χ2v) is 7.55. The molecule has 0 saturated carbocycles. The van der Waals surface area contributed by atoms with Crippen molar-refractivity contribution in [2.75, 3.05) is 7.11 Å². The first-order valence-corrected chi connectivity index (χ1v) is 10.1. The van der Waals surface area contributed by atoms with Crippen molar-refractivity contribution in [3.8, 4) is 22.6 Å². The number of nitrogens with zero attached hydrogens (tertiary/aromatic N) is 3. The molecular weight excluding hydrogens is 386 g/mol. The molecule has 0 amide bonds. The summed E-state index contributed by atoms with van der Waals surface area (Å²) < 4.78 is 7.46. The second kappa shape index (κ2) is 7.36. The third-order valence-corrected chi connectivity index (χ3v) is 5.61. The first kappa shape index (κ1) is 19.0. The van der Waals surface area contributed by atoms with E-state index in [0.29, 0.717) is 5.56 Å². The summed E-state index contributed by atoms with van der Waals surface area (Å²) >= 11 is 0. The van der Waals surface area contributed by atoms with Crippen LogP contribution in [0.3, 0.4) is 0 Å². The lowest BCUT2D eigenvalue weighted by Gasteiger charge is -2.11. The molecule has 152 valence electrons. The van der Waals surface area contributed by atoms with E-state index in [1.54, 1.807) is 14.0 Å². The van der Waals surface area contributed by atoms with E-state index in [9.17, 15) is 4.79 Å². The maximum absolute atomic E-state index is 11.6. The predicted molar refractivity (Wildman–Crippen MR) is 123 cm³/mol. The van der Waals surface area contributed by atoms with Gasteiger partial charge in [0.1, 0.15) is 17.1 Å². The van der Waals surface area contributed by atoms with Crippen LogP contribution < -0.4 is 4.74 Å². The summed E-state index contributed by atoms with van der Waals surface area (Å²) in [4.78, 5) is 21.0. The van der Waals surface area contributed by atoms with Crippen LogP contribution in [0, 0.1) is 6.92 Å². The van der Waals surface area contributed by atoms with Gasteiger partial charge in [0.15, 0.2) is 5.78 Å². The van der Waals surface area contributed by atoms with E-state index in [4.69, 9.17) is 9.72 Å². The minimum atomic E-state index is 0.0647. The van der Waals surface area contributed by atoms with Crippen LogP contribution in [0.25, 0.3) is 38.8 Å². The zero-order valence-corrected chi connectivity index (χ0v) is 17.6. The van der Waals surface area contributed by atoms with Gasteiger partial charge in [-0.2, -0.15) is 0 Å². The molecule has 0 saturated heterocycles. The highest BCUT2D eigenvalue weighted by atomic mass is 16.5. The molecule has 0 aliphatic heterocycles. The van der Waals surface area contributed by atoms with Crippen molar-refractivity contribution in [1.29, 1.82) is 0 Å². The topological polar surface area (TPSA) is 57.0 Å². The van der Waals surface area contributed by atoms with Gasteiger partial charge in [0.05, 0.1) is 24.3 Å². The molecule has 5 aromatic rings. The third kappa shape index (κ3) is 3.24. The van der Waals surface area contributed by atoms with Gasteiger partial charge >= 0.3 is 0 Å². The fraction of sp³-hybridized carbons (Fsp3) is 0.115. The van der Waals surface area contributed by atoms with Crippen LogP contribution in [0.2, 0.25) is 0 Å². The highest BCUT2D eigenvalue weighted by Gasteiger charge is 2.14. The van der Waals surface area contributed by atoms with Crippen LogP contribution in [-0.2, 0) is 0 Å². The lowest BCUT2D eigenvalue weighted by Crippen LogP contribution is -1.98. The Labute approximate surface area is 180 Å². The number of fused-ring (bicyclic) bond motifs is 3. The summed E-state index contributed by atoms with van der Waals surface area (Å²) in [5.74, 6) is 1.77. The van der Waals surface area contributed by atoms with E-state index in [0.717, 1.165) is 50.3 Å². The van der Waals surface area contributed by atoms with E-state index in [1.165, 1.54) is 0 Å². The fourth-order valence-electron chi connectivity index (χ4n) is 4.00. The van der Waals surface area contributed by atoms with Crippen molar-refractivity contribution in [2.24, 2.45) is 0 Å². The van der Waals surface area contributed by atoms with E-state index in [-0.39, 0.29) is 5.78 Å². The van der Waals surface area contributed by atoms with E-state index in [2.05, 4.69) is 21.7 Å². The van der Waals surface area contributed by atoms with E-state index in [1.807, 2.05) is 67.7 Å². The van der Waals surface area contributed by atoms with Crippen molar-refractivity contribution < 1.29 is 9.53 Å². The summed E-state index contributed by atoms with van der Waals surface area (Å²) in [6.45, 7) is 3.58. The molecular formula is C26H21N3O2. The lowest BCUT2D eigenvalue weighted by atomic mass is 10.0. The molecule has 5 rings (SSSR count). The summed E-state index contributed by atoms with van der Waals surface area (Å²) in [6, 6.07) is 21.9. The molecule has 0 N–H and O–H groups in total. The number of Topliss-reactive ketones (excluding diaryl/α,β-unsaturated/α-hetero) is 1. The van der Waals surface area contributed by atoms with Crippen LogP contribution in [0.4, 0.5) is 0 Å². The third-order valence-electron chi connectivity index (χ3n) is 5.61. The number of rotatable bonds is 4. The molecule has 3 aromatic carbocycles. The highest BCUT2D eigenvalue weighted by molar-refractivity contribution is 6.04. The van der Waals surface area contributed by atoms with Crippen molar-refractivity contribution in [3.05, 3.63) is 84.3 Å². The Kier molecular flexibility index (Phi) is 4.51. The number of carbonyl (C=O) groups is 1. The number of methoxy groups -OCH3 is 1. The number of hydrogen-bond donors (Lipinski definition) is 0. The summed E-state index contributed by atoms with van der Waals surface area (Å²) in [5, 5.41) is 1.03. The number of benzene rings is 3. The number of pyridine rings is 1. The first-order chi connectivity index (χ1) is 15.0. The number of hydrogen-bond acceptors (Lipinski definition) is 4. The van der Waals surface area contributed by atoms with Gasteiger partial charge in [0.25, 0.3) is 0 Å². The monoisotopic (exact) mass is 407 g/mol. The molecule has 2 aromatic heterocycles. The SMILES string of the molecule is COc1ccc(-n2c(C)nc3cnc4ccc(-c5ccc(C(C)=O)cc5)cc4c32)cc1. The molecule has 0 unspecified atom stereocenters. The lowest BCUT2D eigenvalue weighted by molar-refractivity contribution is 0.101. The van der Waals surface area contributed by atoms with Crippen molar-refractivity contribution in [1.82, 2.24) is 14.5 Å². The number of ether oxygens (including phenoxy) is 1. The molecule has 0 aliphatic carbocycles. The largest absolute Gasteiger partial charge is 0.497 e. The van der Waals surface area contributed by atoms with Gasteiger partial charge in [-0.15, -0.1) is 0 Å². The zero-order chi connectivity index (χ0) is 21.5. The van der Waals surface area contributed by atoms with E-state index >= 15 is 0 Å². The molecule has 0 spiro atoms. The highest BCUT2D eigenvalue weighted by Crippen LogP contribution is 2.31. The zero-order valence-electron chi connectivity index (χ0n) is 17.6. The van der Waals surface area contributed by atoms with Crippen LogP contribution >= 0.6 is 0 Å². The number of ketones is 1. The van der Waals surface area contributed by atoms with Crippen molar-refractivity contribution in [3.63, 3.8) is 0 Å². The average Bonchev–Trinajstić information content (AvgIpc) is 3.15. The predicted octanol–water partition coefficient (Wildman–Crippen LogP) is 5.76. The minimum absolute atomic E-state index is 0.0647. The summed E-state index contributed by atoms with van der Waals surface area (Å²) in [6.07, 6.45) is 1.83. The number of carbonyl (C=O) groups excluding carboxylic acids is 1. The molecule has 0 atom stereocenters. The Balaban J connectivity index is 1.72. The van der Waals surface area contributed by atoms with Crippen LogP contribution in [0.1, 0.15) is 23.1 Å². The molecule has 5 heteroatoms. The van der Waals surface area contributed by atoms with Gasteiger partial charge in [0.2, 0.25) is 0 Å². The Morgan fingerprint density at radius 2 is 1.61 bits per heavy atom. The van der Waals surface area contributed by atoms with Crippen molar-refractivity contribution >= 4 is 27.7 Å². The number of aromatic nitrogens is 3. The van der Waals surface area contributed by atoms with Crippen LogP contribution in [-0.4, -0.2) is 27.4 Å². The Hall–Kier alpha value is -3.99. The Morgan fingerprint density at radius 1 is 0.903 bits per heavy atom. The average molecular weight is 407 g/mol. The molecule has 5 nitrogen and oxygen atoms in total. The summed E-state index contributed by atoms with van der Waals surface area (Å²) in [7, 11) is 1.66. The maximum Gasteiger partial charge on any atom is 0.159 e. The van der Waals surface area contributed by atoms with Gasteiger partial charge in [-0.3, -0.25) is 14.3 Å². The van der Waals surface area contributed by atoms with Crippen LogP contribution in [0.15, 0.2) is 72.9 Å². The first-order valence-electron chi connectivity index (χ1n) is 10.1. The number of aryl methyl sites for hydroxylation is 1. The van der Waals surface area contributed by atoms with Gasteiger partial charge in [-0.05, 0) is 61.4 Å². The molecule has 0 aliphatic rings. The van der Waals surface area contributed by atoms with Gasteiger partial charge in [-0.25, -0.2) is 4.98 Å². The van der Waals surface area contributed by atoms with E-state index < -0.39 is 0 Å². The van der Waals surface area contributed by atoms with Crippen LogP contribution in [0.5, 0.6) is 5.75 Å². The smallest absolute Gasteiger partial charge is 0.159 e. The van der Waals surface area contributed by atoms with Gasteiger partial charge in [0, 0.05) is 16.6 Å². The molecule has 0 radical (unpaired) electrons. The Bertz CT molecular complexity index is 1430. The van der Waals surface area contributed by atoms with Gasteiger partial charge in [-0.1, -0.05) is 30.3 Å². The molecule has 0 fully saturated rings. The summed E-state index contributed by atoms with van der Waals surface area (Å²) in [5.41, 5.74) is 6.63. The fourth-order valence-corrected chi connectivity index (χ4v) is 4.00.